The number of hydrogen-bond donors (Lipinski definition) is 1. The predicted octanol–water partition coefficient (Wildman–Crippen LogP) is 3.56. The molecule has 0 atom stereocenters. The standard InChI is InChI=1S/C19H13FN2O4S/c20-15-7-5-13(6-8-15)16-11-27-19(21-16)22-17(24)10-26-18(25)14-3-1-12(9-23)2-4-14/h1-9,11H,10H2,(H,21,22,24). The Balaban J connectivity index is 1.54. The lowest BCUT2D eigenvalue weighted by Gasteiger charge is -2.05. The number of ether oxygens (including phenoxy) is 1. The highest BCUT2D eigenvalue weighted by atomic mass is 32.1. The monoisotopic (exact) mass is 384 g/mol. The molecule has 0 fully saturated rings. The molecule has 0 bridgehead atoms. The number of aromatic nitrogens is 1. The SMILES string of the molecule is O=Cc1ccc(C(=O)OCC(=O)Nc2nc(-c3ccc(F)cc3)cs2)cc1. The second-order valence-electron chi connectivity index (χ2n) is 5.41. The van der Waals surface area contributed by atoms with Crippen molar-refractivity contribution in [2.24, 2.45) is 0 Å². The van der Waals surface area contributed by atoms with Gasteiger partial charge in [0.2, 0.25) is 0 Å². The molecule has 0 saturated heterocycles. The van der Waals surface area contributed by atoms with Gasteiger partial charge in [-0.05, 0) is 36.4 Å². The maximum Gasteiger partial charge on any atom is 0.338 e. The first-order chi connectivity index (χ1) is 13.0. The minimum atomic E-state index is -0.672. The van der Waals surface area contributed by atoms with Crippen LogP contribution in [0.3, 0.4) is 0 Å². The number of halogens is 1. The average Bonchev–Trinajstić information content (AvgIpc) is 3.15. The maximum atomic E-state index is 13.0. The third kappa shape index (κ3) is 4.83. The van der Waals surface area contributed by atoms with Crippen LogP contribution in [-0.4, -0.2) is 29.8 Å². The third-order valence-corrected chi connectivity index (χ3v) is 4.27. The Bertz CT molecular complexity index is 968. The first-order valence-electron chi connectivity index (χ1n) is 7.79. The van der Waals surface area contributed by atoms with Gasteiger partial charge in [-0.25, -0.2) is 14.2 Å². The van der Waals surface area contributed by atoms with Crippen LogP contribution in [0.15, 0.2) is 53.9 Å². The fourth-order valence-electron chi connectivity index (χ4n) is 2.15. The van der Waals surface area contributed by atoms with Gasteiger partial charge < -0.3 is 4.74 Å². The summed E-state index contributed by atoms with van der Waals surface area (Å²) in [7, 11) is 0. The minimum absolute atomic E-state index is 0.237. The first-order valence-corrected chi connectivity index (χ1v) is 8.67. The molecule has 1 aromatic heterocycles. The number of nitrogens with zero attached hydrogens (tertiary/aromatic N) is 1. The number of carbonyl (C=O) groups excluding carboxylic acids is 3. The van der Waals surface area contributed by atoms with Gasteiger partial charge in [-0.1, -0.05) is 12.1 Å². The minimum Gasteiger partial charge on any atom is -0.452 e. The quantitative estimate of drug-likeness (QED) is 0.519. The van der Waals surface area contributed by atoms with E-state index in [2.05, 4.69) is 10.3 Å². The number of aldehydes is 1. The second kappa shape index (κ2) is 8.33. The average molecular weight is 384 g/mol. The van der Waals surface area contributed by atoms with Gasteiger partial charge in [0.15, 0.2) is 11.7 Å². The van der Waals surface area contributed by atoms with Crippen molar-refractivity contribution in [3.63, 3.8) is 0 Å². The van der Waals surface area contributed by atoms with E-state index in [1.165, 1.54) is 47.7 Å². The Morgan fingerprint density at radius 1 is 1.11 bits per heavy atom. The Morgan fingerprint density at radius 3 is 2.48 bits per heavy atom. The van der Waals surface area contributed by atoms with Crippen LogP contribution >= 0.6 is 11.3 Å². The van der Waals surface area contributed by atoms with E-state index in [-0.39, 0.29) is 11.4 Å². The number of carbonyl (C=O) groups is 3. The van der Waals surface area contributed by atoms with E-state index in [1.54, 1.807) is 17.5 Å². The van der Waals surface area contributed by atoms with E-state index in [4.69, 9.17) is 4.74 Å². The largest absolute Gasteiger partial charge is 0.452 e. The molecule has 8 heteroatoms. The molecule has 0 radical (unpaired) electrons. The van der Waals surface area contributed by atoms with Crippen molar-refractivity contribution >= 4 is 34.6 Å². The summed E-state index contributed by atoms with van der Waals surface area (Å²) in [6.07, 6.45) is 0.663. The van der Waals surface area contributed by atoms with Crippen LogP contribution in [0.1, 0.15) is 20.7 Å². The normalized spacial score (nSPS) is 10.3. The molecule has 1 N–H and O–H groups in total. The van der Waals surface area contributed by atoms with Crippen LogP contribution in [0.4, 0.5) is 9.52 Å². The van der Waals surface area contributed by atoms with Gasteiger partial charge in [0.1, 0.15) is 12.1 Å². The topological polar surface area (TPSA) is 85.4 Å². The molecular formula is C19H13FN2O4S. The summed E-state index contributed by atoms with van der Waals surface area (Å²) < 4.78 is 17.9. The van der Waals surface area contributed by atoms with Crippen molar-refractivity contribution in [2.45, 2.75) is 0 Å². The lowest BCUT2D eigenvalue weighted by Crippen LogP contribution is -2.20. The third-order valence-electron chi connectivity index (χ3n) is 3.51. The van der Waals surface area contributed by atoms with Gasteiger partial charge in [0, 0.05) is 16.5 Å². The van der Waals surface area contributed by atoms with Gasteiger partial charge in [-0.3, -0.25) is 14.9 Å². The zero-order chi connectivity index (χ0) is 19.2. The van der Waals surface area contributed by atoms with E-state index in [0.717, 1.165) is 5.56 Å². The summed E-state index contributed by atoms with van der Waals surface area (Å²) in [5.41, 5.74) is 1.99. The molecule has 1 amide bonds. The molecule has 2 aromatic carbocycles. The number of hydrogen-bond acceptors (Lipinski definition) is 6. The van der Waals surface area contributed by atoms with E-state index < -0.39 is 18.5 Å². The number of thiazole rings is 1. The molecule has 0 aliphatic rings. The van der Waals surface area contributed by atoms with Crippen molar-refractivity contribution in [2.75, 3.05) is 11.9 Å². The Kier molecular flexibility index (Phi) is 5.68. The van der Waals surface area contributed by atoms with E-state index in [0.29, 0.717) is 22.7 Å². The maximum absolute atomic E-state index is 13.0. The summed E-state index contributed by atoms with van der Waals surface area (Å²) in [5.74, 6) is -1.55. The number of esters is 1. The van der Waals surface area contributed by atoms with E-state index in [1.807, 2.05) is 0 Å². The molecule has 0 spiro atoms. The molecule has 27 heavy (non-hydrogen) atoms. The highest BCUT2D eigenvalue weighted by molar-refractivity contribution is 7.14. The molecule has 3 aromatic rings. The van der Waals surface area contributed by atoms with E-state index >= 15 is 0 Å². The second-order valence-corrected chi connectivity index (χ2v) is 6.27. The highest BCUT2D eigenvalue weighted by Crippen LogP contribution is 2.24. The van der Waals surface area contributed by atoms with Crippen LogP contribution in [0.25, 0.3) is 11.3 Å². The Morgan fingerprint density at radius 2 is 1.81 bits per heavy atom. The molecule has 136 valence electrons. The molecule has 6 nitrogen and oxygen atoms in total. The predicted molar refractivity (Wildman–Crippen MR) is 98.2 cm³/mol. The highest BCUT2D eigenvalue weighted by Gasteiger charge is 2.12. The Hall–Kier alpha value is -3.39. The summed E-state index contributed by atoms with van der Waals surface area (Å²) in [4.78, 5) is 38.6. The van der Waals surface area contributed by atoms with Crippen molar-refractivity contribution in [3.05, 3.63) is 70.9 Å². The molecule has 0 aliphatic heterocycles. The van der Waals surface area contributed by atoms with Crippen LogP contribution in [0.2, 0.25) is 0 Å². The summed E-state index contributed by atoms with van der Waals surface area (Å²) in [6.45, 7) is -0.472. The summed E-state index contributed by atoms with van der Waals surface area (Å²) in [6, 6.07) is 11.7. The smallest absolute Gasteiger partial charge is 0.338 e. The number of benzene rings is 2. The molecular weight excluding hydrogens is 371 g/mol. The van der Waals surface area contributed by atoms with Crippen LogP contribution in [0.5, 0.6) is 0 Å². The number of nitrogens with one attached hydrogen (secondary N) is 1. The molecule has 0 saturated carbocycles. The molecule has 3 rings (SSSR count). The van der Waals surface area contributed by atoms with Crippen LogP contribution in [-0.2, 0) is 9.53 Å². The Labute approximate surface area is 157 Å². The van der Waals surface area contributed by atoms with Crippen LogP contribution in [0, 0.1) is 5.82 Å². The zero-order valence-electron chi connectivity index (χ0n) is 13.8. The number of anilines is 1. The van der Waals surface area contributed by atoms with Crippen molar-refractivity contribution in [1.82, 2.24) is 4.98 Å². The van der Waals surface area contributed by atoms with Gasteiger partial charge in [-0.2, -0.15) is 0 Å². The van der Waals surface area contributed by atoms with Crippen molar-refractivity contribution < 1.29 is 23.5 Å². The first kappa shape index (κ1) is 18.4. The lowest BCUT2D eigenvalue weighted by molar-refractivity contribution is -0.119. The molecule has 1 heterocycles. The number of rotatable bonds is 6. The lowest BCUT2D eigenvalue weighted by atomic mass is 10.1. The summed E-state index contributed by atoms with van der Waals surface area (Å²) >= 11 is 1.20. The zero-order valence-corrected chi connectivity index (χ0v) is 14.7. The fourth-order valence-corrected chi connectivity index (χ4v) is 2.89. The van der Waals surface area contributed by atoms with Crippen molar-refractivity contribution in [1.29, 1.82) is 0 Å². The van der Waals surface area contributed by atoms with Crippen LogP contribution < -0.4 is 5.32 Å². The molecule has 0 aliphatic carbocycles. The number of amides is 1. The van der Waals surface area contributed by atoms with Gasteiger partial charge in [-0.15, -0.1) is 11.3 Å². The molecule has 0 unspecified atom stereocenters. The van der Waals surface area contributed by atoms with Crippen molar-refractivity contribution in [3.8, 4) is 11.3 Å². The summed E-state index contributed by atoms with van der Waals surface area (Å²) in [5, 5.41) is 4.60. The van der Waals surface area contributed by atoms with Gasteiger partial charge in [0.25, 0.3) is 5.91 Å². The van der Waals surface area contributed by atoms with Gasteiger partial charge >= 0.3 is 5.97 Å². The van der Waals surface area contributed by atoms with E-state index in [9.17, 15) is 18.8 Å². The fraction of sp³-hybridized carbons (Fsp3) is 0.0526. The van der Waals surface area contributed by atoms with Gasteiger partial charge in [0.05, 0.1) is 11.3 Å².